The molecule has 2 atom stereocenters. The van der Waals surface area contributed by atoms with Crippen molar-refractivity contribution in [3.05, 3.63) is 70.7 Å². The van der Waals surface area contributed by atoms with Crippen LogP contribution in [0.15, 0.2) is 54.6 Å². The van der Waals surface area contributed by atoms with Gasteiger partial charge in [-0.3, -0.25) is 0 Å². The van der Waals surface area contributed by atoms with Crippen LogP contribution >= 0.6 is 11.6 Å². The van der Waals surface area contributed by atoms with Crippen molar-refractivity contribution in [3.63, 3.8) is 0 Å². The summed E-state index contributed by atoms with van der Waals surface area (Å²) in [6.45, 7) is 0. The molecule has 0 radical (unpaired) electrons. The molecule has 5 heteroatoms. The van der Waals surface area contributed by atoms with Crippen LogP contribution in [0.5, 0.6) is 0 Å². The van der Waals surface area contributed by atoms with Crippen molar-refractivity contribution in [1.82, 2.24) is 4.31 Å². The van der Waals surface area contributed by atoms with Gasteiger partial charge in [0.15, 0.2) is 0 Å². The van der Waals surface area contributed by atoms with Crippen molar-refractivity contribution in [2.45, 2.75) is 49.4 Å². The van der Waals surface area contributed by atoms with E-state index in [0.29, 0.717) is 5.02 Å². The van der Waals surface area contributed by atoms with E-state index in [1.165, 1.54) is 6.42 Å². The SMILES string of the molecule is O=S1(=O)[C@H](c2ccccc2)[C@@H](c2ccc(Cl)cc2)N1C1CCCCC1. The van der Waals surface area contributed by atoms with Crippen LogP contribution in [-0.2, 0) is 10.0 Å². The van der Waals surface area contributed by atoms with Gasteiger partial charge < -0.3 is 0 Å². The van der Waals surface area contributed by atoms with Crippen LogP contribution in [0.25, 0.3) is 0 Å². The topological polar surface area (TPSA) is 37.4 Å². The summed E-state index contributed by atoms with van der Waals surface area (Å²) in [6, 6.07) is 17.2. The molecule has 3 nitrogen and oxygen atoms in total. The first-order valence-electron chi connectivity index (χ1n) is 8.92. The first-order valence-corrected chi connectivity index (χ1v) is 10.8. The Morgan fingerprint density at radius 3 is 2.12 bits per heavy atom. The second-order valence-electron chi connectivity index (χ2n) is 6.99. The zero-order valence-electron chi connectivity index (χ0n) is 14.0. The normalized spacial score (nSPS) is 26.9. The molecule has 2 fully saturated rings. The van der Waals surface area contributed by atoms with E-state index >= 15 is 0 Å². The third kappa shape index (κ3) is 3.01. The second kappa shape index (κ2) is 6.75. The van der Waals surface area contributed by atoms with Crippen molar-refractivity contribution < 1.29 is 8.42 Å². The van der Waals surface area contributed by atoms with Gasteiger partial charge in [-0.2, -0.15) is 4.31 Å². The van der Waals surface area contributed by atoms with Crippen LogP contribution in [0.4, 0.5) is 0 Å². The fourth-order valence-electron chi connectivity index (χ4n) is 4.27. The molecule has 1 aliphatic carbocycles. The van der Waals surface area contributed by atoms with E-state index in [0.717, 1.165) is 36.8 Å². The van der Waals surface area contributed by atoms with Gasteiger partial charge in [-0.05, 0) is 36.1 Å². The monoisotopic (exact) mass is 375 g/mol. The van der Waals surface area contributed by atoms with Crippen molar-refractivity contribution in [2.24, 2.45) is 0 Å². The molecule has 1 heterocycles. The van der Waals surface area contributed by atoms with Gasteiger partial charge in [-0.1, -0.05) is 73.3 Å². The van der Waals surface area contributed by atoms with Gasteiger partial charge >= 0.3 is 0 Å². The fourth-order valence-corrected chi connectivity index (χ4v) is 6.77. The molecule has 2 aromatic carbocycles. The Kier molecular flexibility index (Phi) is 4.61. The molecule has 2 aliphatic rings. The molecule has 0 unspecified atom stereocenters. The molecular weight excluding hydrogens is 354 g/mol. The van der Waals surface area contributed by atoms with Gasteiger partial charge in [0.25, 0.3) is 0 Å². The zero-order chi connectivity index (χ0) is 17.4. The summed E-state index contributed by atoms with van der Waals surface area (Å²) >= 11 is 6.04. The molecule has 2 aromatic rings. The Morgan fingerprint density at radius 1 is 0.840 bits per heavy atom. The summed E-state index contributed by atoms with van der Waals surface area (Å²) < 4.78 is 28.2. The molecule has 1 aliphatic heterocycles. The zero-order valence-corrected chi connectivity index (χ0v) is 15.6. The lowest BCUT2D eigenvalue weighted by Crippen LogP contribution is -2.57. The maximum absolute atomic E-state index is 13.2. The first kappa shape index (κ1) is 17.1. The third-order valence-electron chi connectivity index (χ3n) is 5.45. The van der Waals surface area contributed by atoms with E-state index in [1.54, 1.807) is 4.31 Å². The molecular formula is C20H22ClNO2S. The van der Waals surface area contributed by atoms with Crippen LogP contribution < -0.4 is 0 Å². The Morgan fingerprint density at radius 2 is 1.48 bits per heavy atom. The smallest absolute Gasteiger partial charge is 0.211 e. The van der Waals surface area contributed by atoms with Crippen molar-refractivity contribution in [2.75, 3.05) is 0 Å². The van der Waals surface area contributed by atoms with E-state index in [4.69, 9.17) is 11.6 Å². The summed E-state index contributed by atoms with van der Waals surface area (Å²) in [7, 11) is -3.32. The Hall–Kier alpha value is -1.36. The van der Waals surface area contributed by atoms with E-state index in [1.807, 2.05) is 54.6 Å². The standard InChI is InChI=1S/C20H22ClNO2S/c21-17-13-11-15(12-14-17)19-20(16-7-3-1-4-8-16)25(23,24)22(19)18-9-5-2-6-10-18/h1,3-4,7-8,11-14,18-20H,2,5-6,9-10H2/t19-,20-/m1/s1. The number of sulfonamides is 1. The maximum Gasteiger partial charge on any atom is 0.223 e. The van der Waals surface area contributed by atoms with Crippen LogP contribution in [0, 0.1) is 0 Å². The lowest BCUT2D eigenvalue weighted by Gasteiger charge is -2.51. The summed E-state index contributed by atoms with van der Waals surface area (Å²) in [4.78, 5) is 0. The summed E-state index contributed by atoms with van der Waals surface area (Å²) in [5.41, 5.74) is 1.90. The fraction of sp³-hybridized carbons (Fsp3) is 0.400. The Balaban J connectivity index is 1.76. The maximum atomic E-state index is 13.2. The first-order chi connectivity index (χ1) is 12.1. The van der Waals surface area contributed by atoms with Crippen molar-refractivity contribution >= 4 is 21.6 Å². The highest BCUT2D eigenvalue weighted by molar-refractivity contribution is 7.90. The van der Waals surface area contributed by atoms with Crippen LogP contribution in [0.3, 0.4) is 0 Å². The Labute approximate surface area is 154 Å². The third-order valence-corrected chi connectivity index (χ3v) is 7.99. The van der Waals surface area contributed by atoms with E-state index in [2.05, 4.69) is 0 Å². The summed E-state index contributed by atoms with van der Waals surface area (Å²) in [6.07, 6.45) is 5.35. The number of benzene rings is 2. The van der Waals surface area contributed by atoms with Crippen LogP contribution in [-0.4, -0.2) is 18.8 Å². The molecule has 0 amide bonds. The van der Waals surface area contributed by atoms with Gasteiger partial charge in [0.05, 0.1) is 6.04 Å². The van der Waals surface area contributed by atoms with E-state index < -0.39 is 15.3 Å². The number of rotatable bonds is 3. The minimum atomic E-state index is -3.32. The molecule has 1 saturated carbocycles. The van der Waals surface area contributed by atoms with Crippen molar-refractivity contribution in [3.8, 4) is 0 Å². The highest BCUT2D eigenvalue weighted by Crippen LogP contribution is 2.54. The molecule has 0 bridgehead atoms. The lowest BCUT2D eigenvalue weighted by molar-refractivity contribution is 0.156. The number of nitrogens with zero attached hydrogens (tertiary/aromatic N) is 1. The predicted octanol–water partition coefficient (Wildman–Crippen LogP) is 5.10. The molecule has 0 aromatic heterocycles. The van der Waals surface area contributed by atoms with E-state index in [9.17, 15) is 8.42 Å². The predicted molar refractivity (Wildman–Crippen MR) is 101 cm³/mol. The number of hydrogen-bond donors (Lipinski definition) is 0. The average molecular weight is 376 g/mol. The second-order valence-corrected chi connectivity index (χ2v) is 9.39. The van der Waals surface area contributed by atoms with Gasteiger partial charge in [0.2, 0.25) is 10.0 Å². The van der Waals surface area contributed by atoms with E-state index in [-0.39, 0.29) is 12.1 Å². The highest BCUT2D eigenvalue weighted by atomic mass is 35.5. The van der Waals surface area contributed by atoms with Crippen LogP contribution in [0.1, 0.15) is 54.5 Å². The highest BCUT2D eigenvalue weighted by Gasteiger charge is 2.57. The van der Waals surface area contributed by atoms with Gasteiger partial charge in [0, 0.05) is 11.1 Å². The summed E-state index contributed by atoms with van der Waals surface area (Å²) in [5, 5.41) is 0.170. The minimum Gasteiger partial charge on any atom is -0.211 e. The van der Waals surface area contributed by atoms with Crippen LogP contribution in [0.2, 0.25) is 5.02 Å². The minimum absolute atomic E-state index is 0.124. The van der Waals surface area contributed by atoms with Gasteiger partial charge in [-0.15, -0.1) is 0 Å². The summed E-state index contributed by atoms with van der Waals surface area (Å²) in [5.74, 6) is 0. The van der Waals surface area contributed by atoms with Gasteiger partial charge in [-0.25, -0.2) is 8.42 Å². The molecule has 4 rings (SSSR count). The largest absolute Gasteiger partial charge is 0.223 e. The number of hydrogen-bond acceptors (Lipinski definition) is 2. The molecule has 1 saturated heterocycles. The molecule has 25 heavy (non-hydrogen) atoms. The molecule has 132 valence electrons. The van der Waals surface area contributed by atoms with Crippen molar-refractivity contribution in [1.29, 1.82) is 0 Å². The lowest BCUT2D eigenvalue weighted by atomic mass is 9.91. The average Bonchev–Trinajstić information content (AvgIpc) is 2.63. The quantitative estimate of drug-likeness (QED) is 0.748. The Bertz CT molecular complexity index is 830. The van der Waals surface area contributed by atoms with Gasteiger partial charge in [0.1, 0.15) is 5.25 Å². The molecule has 0 spiro atoms. The molecule has 0 N–H and O–H groups in total. The number of halogens is 1.